The van der Waals surface area contributed by atoms with Gasteiger partial charge in [0.25, 0.3) is 0 Å². The smallest absolute Gasteiger partial charge is 0.224 e. The number of hydrogen-bond acceptors (Lipinski definition) is 5. The molecule has 2 aromatic heterocycles. The average Bonchev–Trinajstić information content (AvgIpc) is 3.00. The SMILES string of the molecule is NCCNC(=O)C1CCCN(c2ccn3nccc3n2)C1. The van der Waals surface area contributed by atoms with Crippen LogP contribution >= 0.6 is 0 Å². The highest BCUT2D eigenvalue weighted by Gasteiger charge is 2.26. The Balaban J connectivity index is 1.71. The highest BCUT2D eigenvalue weighted by atomic mass is 16.1. The quantitative estimate of drug-likeness (QED) is 0.828. The summed E-state index contributed by atoms with van der Waals surface area (Å²) in [7, 11) is 0. The molecule has 1 saturated heterocycles. The highest BCUT2D eigenvalue weighted by molar-refractivity contribution is 5.79. The summed E-state index contributed by atoms with van der Waals surface area (Å²) in [5.41, 5.74) is 6.25. The zero-order chi connectivity index (χ0) is 14.7. The van der Waals surface area contributed by atoms with Crippen LogP contribution in [0.15, 0.2) is 24.5 Å². The van der Waals surface area contributed by atoms with Gasteiger partial charge in [0.15, 0.2) is 5.65 Å². The minimum atomic E-state index is 0.00763. The number of carbonyl (C=O) groups is 1. The number of nitrogens with zero attached hydrogens (tertiary/aromatic N) is 4. The van der Waals surface area contributed by atoms with Crippen LogP contribution in [0.4, 0.5) is 5.82 Å². The van der Waals surface area contributed by atoms with Crippen LogP contribution in [0.2, 0.25) is 0 Å². The highest BCUT2D eigenvalue weighted by Crippen LogP contribution is 2.22. The van der Waals surface area contributed by atoms with E-state index in [4.69, 9.17) is 5.73 Å². The molecule has 0 aromatic carbocycles. The molecule has 0 saturated carbocycles. The van der Waals surface area contributed by atoms with Gasteiger partial charge in [-0.3, -0.25) is 4.79 Å². The topological polar surface area (TPSA) is 88.5 Å². The van der Waals surface area contributed by atoms with Crippen LogP contribution in [-0.4, -0.2) is 46.7 Å². The van der Waals surface area contributed by atoms with Crippen LogP contribution < -0.4 is 16.0 Å². The lowest BCUT2D eigenvalue weighted by Gasteiger charge is -2.32. The van der Waals surface area contributed by atoms with E-state index in [1.54, 1.807) is 10.7 Å². The number of carbonyl (C=O) groups excluding carboxylic acids is 1. The van der Waals surface area contributed by atoms with E-state index < -0.39 is 0 Å². The first kappa shape index (κ1) is 13.8. The number of fused-ring (bicyclic) bond motifs is 1. The molecule has 112 valence electrons. The van der Waals surface area contributed by atoms with Crippen molar-refractivity contribution in [1.82, 2.24) is 19.9 Å². The zero-order valence-electron chi connectivity index (χ0n) is 11.9. The molecule has 3 N–H and O–H groups in total. The fourth-order valence-electron chi connectivity index (χ4n) is 2.72. The van der Waals surface area contributed by atoms with Crippen molar-refractivity contribution in [2.24, 2.45) is 11.7 Å². The van der Waals surface area contributed by atoms with Gasteiger partial charge in [0.1, 0.15) is 5.82 Å². The van der Waals surface area contributed by atoms with E-state index >= 15 is 0 Å². The Morgan fingerprint density at radius 2 is 2.38 bits per heavy atom. The van der Waals surface area contributed by atoms with Gasteiger partial charge in [-0.25, -0.2) is 9.50 Å². The van der Waals surface area contributed by atoms with Crippen LogP contribution in [0.25, 0.3) is 5.65 Å². The van der Waals surface area contributed by atoms with Crippen molar-refractivity contribution < 1.29 is 4.79 Å². The van der Waals surface area contributed by atoms with Gasteiger partial charge in [-0.15, -0.1) is 0 Å². The van der Waals surface area contributed by atoms with Crippen molar-refractivity contribution >= 4 is 17.4 Å². The first-order valence-electron chi connectivity index (χ1n) is 7.31. The van der Waals surface area contributed by atoms with E-state index in [1.165, 1.54) is 0 Å². The number of nitrogens with one attached hydrogen (secondary N) is 1. The molecule has 0 bridgehead atoms. The van der Waals surface area contributed by atoms with Crippen LogP contribution in [0.5, 0.6) is 0 Å². The minimum Gasteiger partial charge on any atom is -0.356 e. The number of rotatable bonds is 4. The zero-order valence-corrected chi connectivity index (χ0v) is 11.9. The summed E-state index contributed by atoms with van der Waals surface area (Å²) < 4.78 is 1.74. The van der Waals surface area contributed by atoms with Crippen molar-refractivity contribution in [2.75, 3.05) is 31.1 Å². The molecule has 1 fully saturated rings. The van der Waals surface area contributed by atoms with Gasteiger partial charge in [-0.1, -0.05) is 0 Å². The molecule has 0 radical (unpaired) electrons. The Morgan fingerprint density at radius 1 is 1.48 bits per heavy atom. The average molecular weight is 288 g/mol. The van der Waals surface area contributed by atoms with Crippen molar-refractivity contribution in [3.63, 3.8) is 0 Å². The maximum Gasteiger partial charge on any atom is 0.224 e. The third-order valence-electron chi connectivity index (χ3n) is 3.80. The van der Waals surface area contributed by atoms with Crippen LogP contribution in [-0.2, 0) is 4.79 Å². The van der Waals surface area contributed by atoms with Gasteiger partial charge in [-0.05, 0) is 18.9 Å². The molecule has 1 aliphatic rings. The molecule has 0 aliphatic carbocycles. The molecule has 1 aliphatic heterocycles. The molecular weight excluding hydrogens is 268 g/mol. The number of amides is 1. The molecule has 7 heteroatoms. The van der Waals surface area contributed by atoms with E-state index in [1.807, 2.05) is 18.3 Å². The van der Waals surface area contributed by atoms with Gasteiger partial charge < -0.3 is 16.0 Å². The molecule has 0 spiro atoms. The lowest BCUT2D eigenvalue weighted by molar-refractivity contribution is -0.125. The second-order valence-corrected chi connectivity index (χ2v) is 5.28. The van der Waals surface area contributed by atoms with Gasteiger partial charge in [0.2, 0.25) is 5.91 Å². The van der Waals surface area contributed by atoms with E-state index in [-0.39, 0.29) is 11.8 Å². The molecular formula is C14H20N6O. The summed E-state index contributed by atoms with van der Waals surface area (Å²) in [6.07, 6.45) is 5.54. The number of aromatic nitrogens is 3. The number of anilines is 1. The van der Waals surface area contributed by atoms with E-state index in [2.05, 4.69) is 20.3 Å². The molecule has 2 aromatic rings. The van der Waals surface area contributed by atoms with E-state index in [9.17, 15) is 4.79 Å². The van der Waals surface area contributed by atoms with E-state index in [0.29, 0.717) is 19.6 Å². The molecule has 3 rings (SSSR count). The first-order valence-corrected chi connectivity index (χ1v) is 7.31. The van der Waals surface area contributed by atoms with Gasteiger partial charge in [0.05, 0.1) is 12.1 Å². The number of hydrogen-bond donors (Lipinski definition) is 2. The predicted molar refractivity (Wildman–Crippen MR) is 80.0 cm³/mol. The molecule has 1 amide bonds. The normalized spacial score (nSPS) is 18.9. The van der Waals surface area contributed by atoms with Gasteiger partial charge in [0, 0.05) is 38.4 Å². The summed E-state index contributed by atoms with van der Waals surface area (Å²) in [6, 6.07) is 3.82. The Bertz CT molecular complexity index is 625. The van der Waals surface area contributed by atoms with Gasteiger partial charge >= 0.3 is 0 Å². The van der Waals surface area contributed by atoms with Gasteiger partial charge in [-0.2, -0.15) is 5.10 Å². The maximum atomic E-state index is 12.1. The molecule has 1 atom stereocenters. The number of piperidine rings is 1. The summed E-state index contributed by atoms with van der Waals surface area (Å²) in [5.74, 6) is 1.00. The molecule has 3 heterocycles. The fourth-order valence-corrected chi connectivity index (χ4v) is 2.72. The number of nitrogens with two attached hydrogens (primary N) is 1. The molecule has 1 unspecified atom stereocenters. The minimum absolute atomic E-state index is 0.00763. The summed E-state index contributed by atoms with van der Waals surface area (Å²) in [5, 5.41) is 7.02. The van der Waals surface area contributed by atoms with Crippen molar-refractivity contribution in [3.05, 3.63) is 24.5 Å². The fraction of sp³-hybridized carbons (Fsp3) is 0.500. The molecule has 21 heavy (non-hydrogen) atoms. The van der Waals surface area contributed by atoms with E-state index in [0.717, 1.165) is 30.9 Å². The third kappa shape index (κ3) is 2.97. The van der Waals surface area contributed by atoms with Crippen molar-refractivity contribution in [3.8, 4) is 0 Å². The summed E-state index contributed by atoms with van der Waals surface area (Å²) in [6.45, 7) is 2.64. The monoisotopic (exact) mass is 288 g/mol. The second-order valence-electron chi connectivity index (χ2n) is 5.28. The predicted octanol–water partition coefficient (Wildman–Crippen LogP) is 0.0206. The third-order valence-corrected chi connectivity index (χ3v) is 3.80. The maximum absolute atomic E-state index is 12.1. The molecule has 7 nitrogen and oxygen atoms in total. The van der Waals surface area contributed by atoms with Crippen molar-refractivity contribution in [2.45, 2.75) is 12.8 Å². The lowest BCUT2D eigenvalue weighted by Crippen LogP contribution is -2.44. The standard InChI is InChI=1S/C14H20N6O/c15-5-7-16-14(21)11-2-1-8-19(10-11)12-4-9-20-13(18-12)3-6-17-20/h3-4,6,9,11H,1-2,5,7-8,10,15H2,(H,16,21). The van der Waals surface area contributed by atoms with Crippen LogP contribution in [0, 0.1) is 5.92 Å². The first-order chi connectivity index (χ1) is 10.3. The largest absolute Gasteiger partial charge is 0.356 e. The Labute approximate surface area is 123 Å². The Kier molecular flexibility index (Phi) is 4.01. The second kappa shape index (κ2) is 6.09. The lowest BCUT2D eigenvalue weighted by atomic mass is 9.97. The summed E-state index contributed by atoms with van der Waals surface area (Å²) >= 11 is 0. The van der Waals surface area contributed by atoms with Crippen molar-refractivity contribution in [1.29, 1.82) is 0 Å². The summed E-state index contributed by atoms with van der Waals surface area (Å²) in [4.78, 5) is 18.8. The Hall–Kier alpha value is -2.15. The van der Waals surface area contributed by atoms with Crippen LogP contribution in [0.1, 0.15) is 12.8 Å². The Morgan fingerprint density at radius 3 is 3.24 bits per heavy atom. The van der Waals surface area contributed by atoms with Crippen LogP contribution in [0.3, 0.4) is 0 Å².